The van der Waals surface area contributed by atoms with Crippen molar-refractivity contribution in [3.8, 4) is 11.4 Å². The molecule has 0 saturated carbocycles. The van der Waals surface area contributed by atoms with Gasteiger partial charge in [-0.25, -0.2) is 0 Å². The molecule has 0 spiro atoms. The predicted molar refractivity (Wildman–Crippen MR) is 123 cm³/mol. The highest BCUT2D eigenvalue weighted by molar-refractivity contribution is 6.44. The van der Waals surface area contributed by atoms with Crippen LogP contribution in [0.15, 0.2) is 40.9 Å². The van der Waals surface area contributed by atoms with E-state index < -0.39 is 0 Å². The molecule has 1 aromatic heterocycles. The van der Waals surface area contributed by atoms with Gasteiger partial charge in [0.2, 0.25) is 17.6 Å². The number of likely N-dealkylation sites (tertiary alicyclic amines) is 1. The third-order valence-corrected chi connectivity index (χ3v) is 6.41. The lowest BCUT2D eigenvalue weighted by Gasteiger charge is -2.30. The van der Waals surface area contributed by atoms with E-state index in [1.54, 1.807) is 18.2 Å². The summed E-state index contributed by atoms with van der Waals surface area (Å²) < 4.78 is 5.39. The van der Waals surface area contributed by atoms with Gasteiger partial charge in [0.1, 0.15) is 0 Å². The number of benzene rings is 2. The van der Waals surface area contributed by atoms with Crippen molar-refractivity contribution in [2.24, 2.45) is 5.92 Å². The summed E-state index contributed by atoms with van der Waals surface area (Å²) in [6, 6.07) is 10.4. The van der Waals surface area contributed by atoms with Gasteiger partial charge in [-0.05, 0) is 50.2 Å². The minimum absolute atomic E-state index is 0.0824. The summed E-state index contributed by atoms with van der Waals surface area (Å²) >= 11 is 24.1. The molecule has 1 amide bonds. The second kappa shape index (κ2) is 9.76. The van der Waals surface area contributed by atoms with Gasteiger partial charge in [0.05, 0.1) is 27.3 Å². The molecule has 2 heterocycles. The second-order valence-corrected chi connectivity index (χ2v) is 8.97. The lowest BCUT2D eigenvalue weighted by molar-refractivity contribution is -0.121. The first-order chi connectivity index (χ1) is 14.9. The van der Waals surface area contributed by atoms with Crippen molar-refractivity contribution in [2.75, 3.05) is 18.4 Å². The summed E-state index contributed by atoms with van der Waals surface area (Å²) in [5.41, 5.74) is 1.27. The number of rotatable bonds is 5. The maximum Gasteiger partial charge on any atom is 0.241 e. The topological polar surface area (TPSA) is 71.3 Å². The minimum Gasteiger partial charge on any atom is -0.338 e. The molecule has 1 aliphatic rings. The van der Waals surface area contributed by atoms with Crippen molar-refractivity contribution in [3.63, 3.8) is 0 Å². The molecule has 1 saturated heterocycles. The van der Waals surface area contributed by atoms with Gasteiger partial charge in [-0.1, -0.05) is 63.7 Å². The van der Waals surface area contributed by atoms with Crippen LogP contribution in [0.2, 0.25) is 20.1 Å². The van der Waals surface area contributed by atoms with E-state index in [0.717, 1.165) is 18.7 Å². The first-order valence-corrected chi connectivity index (χ1v) is 11.2. The van der Waals surface area contributed by atoms with Crippen LogP contribution < -0.4 is 5.32 Å². The van der Waals surface area contributed by atoms with Crippen LogP contribution in [-0.4, -0.2) is 34.0 Å². The molecular formula is C21H18Cl4N4O2. The Morgan fingerprint density at radius 1 is 1.06 bits per heavy atom. The Labute approximate surface area is 199 Å². The van der Waals surface area contributed by atoms with Crippen molar-refractivity contribution < 1.29 is 9.32 Å². The number of piperidine rings is 1. The van der Waals surface area contributed by atoms with Crippen molar-refractivity contribution in [1.29, 1.82) is 0 Å². The molecule has 1 aliphatic heterocycles. The number of nitrogens with one attached hydrogen (secondary N) is 1. The molecule has 31 heavy (non-hydrogen) atoms. The predicted octanol–water partition coefficient (Wildman–Crippen LogP) is 6.20. The Morgan fingerprint density at radius 3 is 2.55 bits per heavy atom. The molecular weight excluding hydrogens is 482 g/mol. The molecule has 0 aliphatic carbocycles. The number of aromatic nitrogens is 2. The van der Waals surface area contributed by atoms with Crippen molar-refractivity contribution in [3.05, 3.63) is 62.4 Å². The number of hydrogen-bond donors (Lipinski definition) is 1. The van der Waals surface area contributed by atoms with Crippen LogP contribution >= 0.6 is 46.4 Å². The first-order valence-electron chi connectivity index (χ1n) is 9.65. The molecule has 0 atom stereocenters. The average Bonchev–Trinajstić information content (AvgIpc) is 3.21. The molecule has 0 radical (unpaired) electrons. The highest BCUT2D eigenvalue weighted by Gasteiger charge is 2.26. The monoisotopic (exact) mass is 498 g/mol. The number of halogens is 4. The van der Waals surface area contributed by atoms with Crippen LogP contribution in [0.4, 0.5) is 5.69 Å². The third-order valence-electron chi connectivity index (χ3n) is 5.14. The van der Waals surface area contributed by atoms with E-state index in [0.29, 0.717) is 56.9 Å². The fourth-order valence-electron chi connectivity index (χ4n) is 3.46. The number of carbonyl (C=O) groups excluding carboxylic acids is 1. The largest absolute Gasteiger partial charge is 0.338 e. The van der Waals surface area contributed by atoms with Crippen LogP contribution in [0.5, 0.6) is 0 Å². The van der Waals surface area contributed by atoms with Crippen LogP contribution in [0.1, 0.15) is 18.7 Å². The molecule has 1 fully saturated rings. The summed E-state index contributed by atoms with van der Waals surface area (Å²) in [5, 5.41) is 8.55. The summed E-state index contributed by atoms with van der Waals surface area (Å²) in [6.07, 6.45) is 1.42. The van der Waals surface area contributed by atoms with Gasteiger partial charge in [-0.3, -0.25) is 9.69 Å². The van der Waals surface area contributed by atoms with E-state index in [4.69, 9.17) is 50.9 Å². The SMILES string of the molecule is O=C(Nc1cc(Cl)c(Cl)cc1Cl)C1CCN(Cc2nc(-c3cccc(Cl)c3)no2)CC1. The Hall–Kier alpha value is -1.83. The molecule has 0 unspecified atom stereocenters. The second-order valence-electron chi connectivity index (χ2n) is 7.31. The molecule has 6 nitrogen and oxygen atoms in total. The molecule has 3 aromatic rings. The van der Waals surface area contributed by atoms with Gasteiger partial charge in [-0.2, -0.15) is 4.98 Å². The zero-order valence-electron chi connectivity index (χ0n) is 16.2. The maximum absolute atomic E-state index is 12.7. The lowest BCUT2D eigenvalue weighted by atomic mass is 9.96. The summed E-state index contributed by atoms with van der Waals surface area (Å²) in [5.74, 6) is 0.832. The number of anilines is 1. The number of carbonyl (C=O) groups is 1. The zero-order valence-corrected chi connectivity index (χ0v) is 19.3. The summed E-state index contributed by atoms with van der Waals surface area (Å²) in [7, 11) is 0. The molecule has 2 aromatic carbocycles. The van der Waals surface area contributed by atoms with E-state index in [2.05, 4.69) is 20.4 Å². The fourth-order valence-corrected chi connectivity index (χ4v) is 4.25. The van der Waals surface area contributed by atoms with Crippen LogP contribution in [0.3, 0.4) is 0 Å². The Balaban J connectivity index is 1.31. The Kier molecular flexibility index (Phi) is 7.04. The highest BCUT2D eigenvalue weighted by Crippen LogP contribution is 2.33. The van der Waals surface area contributed by atoms with Gasteiger partial charge in [-0.15, -0.1) is 0 Å². The first kappa shape index (κ1) is 22.4. The van der Waals surface area contributed by atoms with Gasteiger partial charge in [0.15, 0.2) is 0 Å². The number of amides is 1. The van der Waals surface area contributed by atoms with E-state index in [1.807, 2.05) is 12.1 Å². The van der Waals surface area contributed by atoms with E-state index >= 15 is 0 Å². The van der Waals surface area contributed by atoms with Gasteiger partial charge in [0, 0.05) is 16.5 Å². The molecule has 1 N–H and O–H groups in total. The highest BCUT2D eigenvalue weighted by atomic mass is 35.5. The molecule has 10 heteroatoms. The Morgan fingerprint density at radius 2 is 1.81 bits per heavy atom. The average molecular weight is 500 g/mol. The quantitative estimate of drug-likeness (QED) is 0.423. The van der Waals surface area contributed by atoms with E-state index in [-0.39, 0.29) is 11.8 Å². The van der Waals surface area contributed by atoms with Crippen LogP contribution in [0, 0.1) is 5.92 Å². The van der Waals surface area contributed by atoms with Gasteiger partial charge >= 0.3 is 0 Å². The van der Waals surface area contributed by atoms with E-state index in [1.165, 1.54) is 6.07 Å². The molecule has 162 valence electrons. The standard InChI is InChI=1S/C21H18Cl4N4O2/c22-14-3-1-2-13(8-14)20-27-19(31-28-20)11-29-6-4-12(5-7-29)21(30)26-18-10-16(24)15(23)9-17(18)25/h1-3,8-10,12H,4-7,11H2,(H,26,30). The summed E-state index contributed by atoms with van der Waals surface area (Å²) in [4.78, 5) is 19.3. The van der Waals surface area contributed by atoms with Crippen molar-refractivity contribution in [1.82, 2.24) is 15.0 Å². The normalized spacial score (nSPS) is 15.2. The molecule has 0 bridgehead atoms. The number of hydrogen-bond acceptors (Lipinski definition) is 5. The third kappa shape index (κ3) is 5.51. The Bertz CT molecular complexity index is 1100. The number of nitrogens with zero attached hydrogens (tertiary/aromatic N) is 3. The van der Waals surface area contributed by atoms with Gasteiger partial charge in [0.25, 0.3) is 0 Å². The fraction of sp³-hybridized carbons (Fsp3) is 0.286. The van der Waals surface area contributed by atoms with Crippen LogP contribution in [0.25, 0.3) is 11.4 Å². The minimum atomic E-state index is -0.119. The van der Waals surface area contributed by atoms with Crippen LogP contribution in [-0.2, 0) is 11.3 Å². The maximum atomic E-state index is 12.7. The zero-order chi connectivity index (χ0) is 22.0. The smallest absolute Gasteiger partial charge is 0.241 e. The molecule has 4 rings (SSSR count). The van der Waals surface area contributed by atoms with Crippen molar-refractivity contribution >= 4 is 58.0 Å². The lowest BCUT2D eigenvalue weighted by Crippen LogP contribution is -2.37. The summed E-state index contributed by atoms with van der Waals surface area (Å²) in [6.45, 7) is 2.00. The van der Waals surface area contributed by atoms with Crippen molar-refractivity contribution in [2.45, 2.75) is 19.4 Å². The van der Waals surface area contributed by atoms with Gasteiger partial charge < -0.3 is 9.84 Å². The van der Waals surface area contributed by atoms with E-state index in [9.17, 15) is 4.79 Å².